The molecule has 0 radical (unpaired) electrons. The van der Waals surface area contributed by atoms with Crippen LogP contribution in [0.25, 0.3) is 10.9 Å². The van der Waals surface area contributed by atoms with Crippen molar-refractivity contribution in [2.24, 2.45) is 0 Å². The van der Waals surface area contributed by atoms with Gasteiger partial charge in [0.1, 0.15) is 5.82 Å². The number of aromatic nitrogens is 1. The normalized spacial score (nSPS) is 12.0. The lowest BCUT2D eigenvalue weighted by Crippen LogP contribution is -2.10. The van der Waals surface area contributed by atoms with E-state index in [0.717, 1.165) is 5.52 Å². The number of benzene rings is 1. The van der Waals surface area contributed by atoms with Gasteiger partial charge in [0, 0.05) is 11.6 Å². The fourth-order valence-corrected chi connectivity index (χ4v) is 1.58. The summed E-state index contributed by atoms with van der Waals surface area (Å²) in [5.41, 5.74) is 1.97. The summed E-state index contributed by atoms with van der Waals surface area (Å²) in [4.78, 5) is 4.18. The van der Waals surface area contributed by atoms with E-state index in [1.807, 2.05) is 12.1 Å². The average Bonchev–Trinajstić information content (AvgIpc) is 2.16. The molecule has 2 aromatic rings. The molecule has 0 aliphatic heterocycles. The van der Waals surface area contributed by atoms with Crippen molar-refractivity contribution < 1.29 is 4.39 Å². The van der Waals surface area contributed by atoms with Crippen molar-refractivity contribution in [3.05, 3.63) is 41.8 Å². The van der Waals surface area contributed by atoms with Crippen LogP contribution in [0.3, 0.4) is 0 Å². The maximum atomic E-state index is 13.4. The van der Waals surface area contributed by atoms with Gasteiger partial charge < -0.3 is 0 Å². The smallest absolute Gasteiger partial charge is 0.134 e. The third kappa shape index (κ3) is 1.84. The van der Waals surface area contributed by atoms with Gasteiger partial charge in [0.15, 0.2) is 0 Å². The highest BCUT2D eigenvalue weighted by Gasteiger charge is 2.14. The zero-order valence-corrected chi connectivity index (χ0v) is 9.21. The number of fused-ring (bicyclic) bond motifs is 1. The zero-order valence-electron chi connectivity index (χ0n) is 9.21. The Morgan fingerprint density at radius 3 is 2.53 bits per heavy atom. The van der Waals surface area contributed by atoms with Crippen LogP contribution in [-0.2, 0) is 5.41 Å². The Morgan fingerprint density at radius 1 is 1.13 bits per heavy atom. The molecule has 1 heterocycles. The molecule has 0 N–H and O–H groups in total. The Kier molecular flexibility index (Phi) is 2.22. The lowest BCUT2D eigenvalue weighted by Gasteiger charge is -2.19. The molecule has 0 bridgehead atoms. The van der Waals surface area contributed by atoms with E-state index in [1.54, 1.807) is 6.07 Å². The molecule has 0 saturated carbocycles. The van der Waals surface area contributed by atoms with Gasteiger partial charge in [0.25, 0.3) is 0 Å². The Labute approximate surface area is 89.0 Å². The molecule has 0 spiro atoms. The van der Waals surface area contributed by atoms with E-state index in [2.05, 4.69) is 25.8 Å². The fourth-order valence-electron chi connectivity index (χ4n) is 1.58. The predicted molar refractivity (Wildman–Crippen MR) is 60.4 cm³/mol. The van der Waals surface area contributed by atoms with Crippen molar-refractivity contribution in [3.8, 4) is 0 Å². The minimum atomic E-state index is -0.208. The van der Waals surface area contributed by atoms with Gasteiger partial charge >= 0.3 is 0 Å². The second-order valence-corrected chi connectivity index (χ2v) is 4.77. The highest BCUT2D eigenvalue weighted by atomic mass is 19.1. The molecule has 0 aliphatic carbocycles. The molecule has 1 aromatic carbocycles. The van der Waals surface area contributed by atoms with Crippen molar-refractivity contribution in [1.29, 1.82) is 0 Å². The van der Waals surface area contributed by atoms with Crippen molar-refractivity contribution in [3.63, 3.8) is 0 Å². The second-order valence-electron chi connectivity index (χ2n) is 4.77. The topological polar surface area (TPSA) is 12.9 Å². The molecule has 1 aromatic heterocycles. The summed E-state index contributed by atoms with van der Waals surface area (Å²) < 4.78 is 13.4. The van der Waals surface area contributed by atoms with Crippen LogP contribution in [0.4, 0.5) is 4.39 Å². The maximum Gasteiger partial charge on any atom is 0.134 e. The van der Waals surface area contributed by atoms with Gasteiger partial charge in [-0.15, -0.1) is 0 Å². The van der Waals surface area contributed by atoms with Crippen LogP contribution in [0, 0.1) is 5.82 Å². The SMILES string of the molecule is CC(C)(C)c1ccc2c(F)ccnc2c1. The molecule has 0 atom stereocenters. The Balaban J connectivity index is 2.68. The first kappa shape index (κ1) is 10.1. The summed E-state index contributed by atoms with van der Waals surface area (Å²) in [6, 6.07) is 7.11. The van der Waals surface area contributed by atoms with E-state index < -0.39 is 0 Å². The number of hydrogen-bond acceptors (Lipinski definition) is 1. The standard InChI is InChI=1S/C13H14FN/c1-13(2,3)9-4-5-10-11(14)6-7-15-12(10)8-9/h4-8H,1-3H3. The van der Waals surface area contributed by atoms with Crippen molar-refractivity contribution in [2.75, 3.05) is 0 Å². The summed E-state index contributed by atoms with van der Waals surface area (Å²) in [6.07, 6.45) is 1.50. The van der Waals surface area contributed by atoms with Gasteiger partial charge in [0.2, 0.25) is 0 Å². The molecule has 2 rings (SSSR count). The predicted octanol–water partition coefficient (Wildman–Crippen LogP) is 3.67. The van der Waals surface area contributed by atoms with E-state index in [9.17, 15) is 4.39 Å². The molecule has 78 valence electrons. The minimum Gasteiger partial charge on any atom is -0.256 e. The minimum absolute atomic E-state index is 0.0716. The van der Waals surface area contributed by atoms with Gasteiger partial charge in [-0.25, -0.2) is 4.39 Å². The second kappa shape index (κ2) is 3.30. The maximum absolute atomic E-state index is 13.4. The highest BCUT2D eigenvalue weighted by Crippen LogP contribution is 2.25. The van der Waals surface area contributed by atoms with Crippen molar-refractivity contribution in [2.45, 2.75) is 26.2 Å². The lowest BCUT2D eigenvalue weighted by molar-refractivity contribution is 0.590. The van der Waals surface area contributed by atoms with E-state index in [0.29, 0.717) is 5.39 Å². The van der Waals surface area contributed by atoms with E-state index in [1.165, 1.54) is 17.8 Å². The van der Waals surface area contributed by atoms with E-state index in [4.69, 9.17) is 0 Å². The molecule has 0 amide bonds. The monoisotopic (exact) mass is 203 g/mol. The summed E-state index contributed by atoms with van der Waals surface area (Å²) in [6.45, 7) is 6.40. The lowest BCUT2D eigenvalue weighted by atomic mass is 9.86. The molecule has 0 unspecified atom stereocenters. The van der Waals surface area contributed by atoms with Crippen molar-refractivity contribution >= 4 is 10.9 Å². The van der Waals surface area contributed by atoms with Crippen LogP contribution < -0.4 is 0 Å². The largest absolute Gasteiger partial charge is 0.256 e. The van der Waals surface area contributed by atoms with Gasteiger partial charge in [-0.05, 0) is 29.2 Å². The summed E-state index contributed by atoms with van der Waals surface area (Å²) in [5, 5.41) is 0.588. The molecule has 15 heavy (non-hydrogen) atoms. The first-order valence-electron chi connectivity index (χ1n) is 5.03. The van der Waals surface area contributed by atoms with Crippen LogP contribution in [0.1, 0.15) is 26.3 Å². The number of pyridine rings is 1. The first-order valence-corrected chi connectivity index (χ1v) is 5.03. The molecular weight excluding hydrogens is 189 g/mol. The number of hydrogen-bond donors (Lipinski definition) is 0. The molecule has 0 saturated heterocycles. The Hall–Kier alpha value is -1.44. The van der Waals surface area contributed by atoms with Crippen LogP contribution >= 0.6 is 0 Å². The fraction of sp³-hybridized carbons (Fsp3) is 0.308. The summed E-state index contributed by atoms with van der Waals surface area (Å²) in [5.74, 6) is -0.208. The molecule has 2 heteroatoms. The highest BCUT2D eigenvalue weighted by molar-refractivity contribution is 5.79. The third-order valence-electron chi connectivity index (χ3n) is 2.56. The number of rotatable bonds is 0. The van der Waals surface area contributed by atoms with Gasteiger partial charge in [0.05, 0.1) is 5.52 Å². The van der Waals surface area contributed by atoms with Gasteiger partial charge in [-0.2, -0.15) is 0 Å². The van der Waals surface area contributed by atoms with E-state index >= 15 is 0 Å². The Morgan fingerprint density at radius 2 is 1.87 bits per heavy atom. The van der Waals surface area contributed by atoms with Gasteiger partial charge in [-0.3, -0.25) is 4.98 Å². The number of nitrogens with zero attached hydrogens (tertiary/aromatic N) is 1. The zero-order chi connectivity index (χ0) is 11.1. The van der Waals surface area contributed by atoms with E-state index in [-0.39, 0.29) is 11.2 Å². The summed E-state index contributed by atoms with van der Waals surface area (Å²) in [7, 11) is 0. The number of halogens is 1. The molecule has 0 fully saturated rings. The Bertz CT molecular complexity index is 497. The van der Waals surface area contributed by atoms with Crippen LogP contribution in [0.15, 0.2) is 30.5 Å². The van der Waals surface area contributed by atoms with Crippen LogP contribution in [-0.4, -0.2) is 4.98 Å². The first-order chi connectivity index (χ1) is 6.98. The van der Waals surface area contributed by atoms with Crippen LogP contribution in [0.5, 0.6) is 0 Å². The van der Waals surface area contributed by atoms with Gasteiger partial charge in [-0.1, -0.05) is 26.8 Å². The van der Waals surface area contributed by atoms with Crippen LogP contribution in [0.2, 0.25) is 0 Å². The molecule has 1 nitrogen and oxygen atoms in total. The van der Waals surface area contributed by atoms with Crippen molar-refractivity contribution in [1.82, 2.24) is 4.98 Å². The quantitative estimate of drug-likeness (QED) is 0.636. The summed E-state index contributed by atoms with van der Waals surface area (Å²) >= 11 is 0. The third-order valence-corrected chi connectivity index (χ3v) is 2.56. The average molecular weight is 203 g/mol. The molecular formula is C13H14FN. The molecule has 0 aliphatic rings.